The Morgan fingerprint density at radius 2 is 2.47 bits per heavy atom. The third kappa shape index (κ3) is 1.53. The molecule has 2 bridgehead atoms. The van der Waals surface area contributed by atoms with Crippen LogP contribution in [0.15, 0.2) is 0 Å². The molecule has 0 aliphatic heterocycles. The highest BCUT2D eigenvalue weighted by molar-refractivity contribution is 5.82. The van der Waals surface area contributed by atoms with Crippen LogP contribution in [0.1, 0.15) is 25.7 Å². The van der Waals surface area contributed by atoms with Crippen molar-refractivity contribution >= 4 is 5.97 Å². The van der Waals surface area contributed by atoms with E-state index in [1.807, 2.05) is 0 Å². The van der Waals surface area contributed by atoms with Crippen molar-refractivity contribution in [2.75, 3.05) is 13.7 Å². The van der Waals surface area contributed by atoms with Gasteiger partial charge in [-0.3, -0.25) is 10.1 Å². The molecule has 0 aromatic heterocycles. The fourth-order valence-electron chi connectivity index (χ4n) is 3.26. The summed E-state index contributed by atoms with van der Waals surface area (Å²) >= 11 is 0. The van der Waals surface area contributed by atoms with Gasteiger partial charge in [-0.15, -0.1) is 6.42 Å². The number of carbonyl (C=O) groups excluding carboxylic acids is 1. The van der Waals surface area contributed by atoms with Gasteiger partial charge >= 0.3 is 5.97 Å². The predicted molar refractivity (Wildman–Crippen MR) is 57.0 cm³/mol. The van der Waals surface area contributed by atoms with E-state index in [9.17, 15) is 4.79 Å². The second-order valence-corrected chi connectivity index (χ2v) is 4.60. The average Bonchev–Trinajstić information content (AvgIpc) is 2.85. The van der Waals surface area contributed by atoms with E-state index in [2.05, 4.69) is 11.2 Å². The Morgan fingerprint density at radius 1 is 1.67 bits per heavy atom. The summed E-state index contributed by atoms with van der Waals surface area (Å²) in [5.74, 6) is 3.50. The van der Waals surface area contributed by atoms with Gasteiger partial charge in [0.1, 0.15) is 5.54 Å². The van der Waals surface area contributed by atoms with Crippen molar-refractivity contribution < 1.29 is 9.53 Å². The molecule has 3 unspecified atom stereocenters. The highest BCUT2D eigenvalue weighted by Crippen LogP contribution is 2.51. The zero-order valence-corrected chi connectivity index (χ0v) is 9.08. The van der Waals surface area contributed by atoms with E-state index < -0.39 is 5.54 Å². The number of terminal acetylenes is 1. The minimum Gasteiger partial charge on any atom is -0.468 e. The monoisotopic (exact) mass is 207 g/mol. The Balaban J connectivity index is 2.17. The molecule has 0 heterocycles. The van der Waals surface area contributed by atoms with Crippen molar-refractivity contribution in [2.45, 2.75) is 31.2 Å². The molecule has 0 aromatic carbocycles. The van der Waals surface area contributed by atoms with Gasteiger partial charge in [-0.25, -0.2) is 0 Å². The summed E-state index contributed by atoms with van der Waals surface area (Å²) < 4.78 is 4.92. The fraction of sp³-hybridized carbons (Fsp3) is 0.750. The molecule has 3 nitrogen and oxygen atoms in total. The zero-order valence-electron chi connectivity index (χ0n) is 9.08. The van der Waals surface area contributed by atoms with Gasteiger partial charge in [0.25, 0.3) is 0 Å². The van der Waals surface area contributed by atoms with E-state index >= 15 is 0 Å². The molecule has 2 saturated carbocycles. The van der Waals surface area contributed by atoms with Crippen molar-refractivity contribution in [1.29, 1.82) is 0 Å². The summed E-state index contributed by atoms with van der Waals surface area (Å²) in [6.07, 6.45) is 9.65. The van der Waals surface area contributed by atoms with Crippen LogP contribution in [-0.2, 0) is 9.53 Å². The van der Waals surface area contributed by atoms with Crippen molar-refractivity contribution in [1.82, 2.24) is 5.32 Å². The number of rotatable bonds is 3. The minimum absolute atomic E-state index is 0.134. The highest BCUT2D eigenvalue weighted by Gasteiger charge is 2.56. The van der Waals surface area contributed by atoms with E-state index in [1.165, 1.54) is 13.5 Å². The Hall–Kier alpha value is -1.01. The zero-order chi connectivity index (χ0) is 10.9. The predicted octanol–water partition coefficient (Wildman–Crippen LogP) is 0.941. The first-order valence-electron chi connectivity index (χ1n) is 5.50. The topological polar surface area (TPSA) is 38.3 Å². The number of methoxy groups -OCH3 is 1. The second-order valence-electron chi connectivity index (χ2n) is 4.60. The van der Waals surface area contributed by atoms with Crippen molar-refractivity contribution in [3.8, 4) is 12.3 Å². The molecular formula is C12H17NO2. The fourth-order valence-corrected chi connectivity index (χ4v) is 3.26. The first kappa shape index (κ1) is 10.5. The van der Waals surface area contributed by atoms with E-state index in [1.54, 1.807) is 0 Å². The third-order valence-electron chi connectivity index (χ3n) is 3.90. The number of fused-ring (bicyclic) bond motifs is 2. The van der Waals surface area contributed by atoms with Crippen molar-refractivity contribution in [3.63, 3.8) is 0 Å². The van der Waals surface area contributed by atoms with Crippen LogP contribution in [-0.4, -0.2) is 25.2 Å². The standard InChI is InChI=1S/C12H17NO2/c1-3-6-13-12(11(14)15-2)8-9-4-5-10(12)7-9/h1,9-10,13H,4-8H2,2H3. The maximum atomic E-state index is 11.9. The van der Waals surface area contributed by atoms with Gasteiger partial charge in [0.15, 0.2) is 0 Å². The largest absolute Gasteiger partial charge is 0.468 e. The molecule has 0 radical (unpaired) electrons. The number of nitrogens with one attached hydrogen (secondary N) is 1. The molecule has 3 atom stereocenters. The minimum atomic E-state index is -0.482. The van der Waals surface area contributed by atoms with Crippen LogP contribution in [0.25, 0.3) is 0 Å². The Labute approximate surface area is 90.6 Å². The molecule has 0 spiro atoms. The Bertz CT molecular complexity index is 307. The maximum Gasteiger partial charge on any atom is 0.326 e. The molecule has 0 amide bonds. The van der Waals surface area contributed by atoms with Gasteiger partial charge in [0.05, 0.1) is 13.7 Å². The molecular weight excluding hydrogens is 190 g/mol. The summed E-state index contributed by atoms with van der Waals surface area (Å²) in [4.78, 5) is 11.9. The lowest BCUT2D eigenvalue weighted by atomic mass is 9.81. The first-order chi connectivity index (χ1) is 7.23. The quantitative estimate of drug-likeness (QED) is 0.553. The number of ether oxygens (including phenoxy) is 1. The van der Waals surface area contributed by atoms with Crippen LogP contribution in [0.5, 0.6) is 0 Å². The summed E-state index contributed by atoms with van der Waals surface area (Å²) in [6.45, 7) is 0.443. The van der Waals surface area contributed by atoms with Gasteiger partial charge in [-0.1, -0.05) is 12.3 Å². The summed E-state index contributed by atoms with van der Waals surface area (Å²) in [5.41, 5.74) is -0.482. The van der Waals surface area contributed by atoms with Gasteiger partial charge in [0, 0.05) is 0 Å². The molecule has 2 rings (SSSR count). The summed E-state index contributed by atoms with van der Waals surface area (Å²) in [7, 11) is 1.45. The normalized spacial score (nSPS) is 37.6. The van der Waals surface area contributed by atoms with E-state index in [4.69, 9.17) is 11.2 Å². The first-order valence-corrected chi connectivity index (χ1v) is 5.50. The number of esters is 1. The maximum absolute atomic E-state index is 11.9. The number of carbonyl (C=O) groups is 1. The molecule has 3 heteroatoms. The van der Waals surface area contributed by atoms with E-state index in [0.29, 0.717) is 18.4 Å². The Morgan fingerprint density at radius 3 is 2.93 bits per heavy atom. The third-order valence-corrected chi connectivity index (χ3v) is 3.90. The van der Waals surface area contributed by atoms with Crippen LogP contribution in [0, 0.1) is 24.2 Å². The van der Waals surface area contributed by atoms with Gasteiger partial charge in [-0.2, -0.15) is 0 Å². The van der Waals surface area contributed by atoms with Crippen LogP contribution in [0.2, 0.25) is 0 Å². The number of hydrogen-bond donors (Lipinski definition) is 1. The van der Waals surface area contributed by atoms with Gasteiger partial charge in [-0.05, 0) is 31.1 Å². The van der Waals surface area contributed by atoms with Gasteiger partial charge in [0.2, 0.25) is 0 Å². The molecule has 0 aromatic rings. The molecule has 2 fully saturated rings. The SMILES string of the molecule is C#CCNC1(C(=O)OC)CC2CCC1C2. The second kappa shape index (κ2) is 3.86. The highest BCUT2D eigenvalue weighted by atomic mass is 16.5. The van der Waals surface area contributed by atoms with Crippen LogP contribution in [0.4, 0.5) is 0 Å². The van der Waals surface area contributed by atoms with Crippen LogP contribution >= 0.6 is 0 Å². The Kier molecular flexibility index (Phi) is 2.70. The lowest BCUT2D eigenvalue weighted by molar-refractivity contribution is -0.151. The van der Waals surface area contributed by atoms with Crippen LogP contribution < -0.4 is 5.32 Å². The smallest absolute Gasteiger partial charge is 0.326 e. The lowest BCUT2D eigenvalue weighted by Gasteiger charge is -2.35. The van der Waals surface area contributed by atoms with Crippen LogP contribution in [0.3, 0.4) is 0 Å². The van der Waals surface area contributed by atoms with Crippen molar-refractivity contribution in [2.24, 2.45) is 11.8 Å². The number of hydrogen-bond acceptors (Lipinski definition) is 3. The molecule has 0 saturated heterocycles. The van der Waals surface area contributed by atoms with E-state index in [0.717, 1.165) is 19.3 Å². The molecule has 1 N–H and O–H groups in total. The van der Waals surface area contributed by atoms with E-state index in [-0.39, 0.29) is 5.97 Å². The molecule has 2 aliphatic rings. The van der Waals surface area contributed by atoms with Crippen molar-refractivity contribution in [3.05, 3.63) is 0 Å². The summed E-state index contributed by atoms with van der Waals surface area (Å²) in [5, 5.41) is 3.22. The lowest BCUT2D eigenvalue weighted by Crippen LogP contribution is -2.56. The summed E-state index contributed by atoms with van der Waals surface area (Å²) in [6, 6.07) is 0. The average molecular weight is 207 g/mol. The molecule has 82 valence electrons. The molecule has 2 aliphatic carbocycles. The van der Waals surface area contributed by atoms with Gasteiger partial charge < -0.3 is 4.74 Å². The molecule has 15 heavy (non-hydrogen) atoms.